The van der Waals surface area contributed by atoms with E-state index in [0.29, 0.717) is 10.8 Å². The molecule has 18 heavy (non-hydrogen) atoms. The van der Waals surface area contributed by atoms with E-state index in [2.05, 4.69) is 10.2 Å². The molecule has 0 aliphatic carbocycles. The van der Waals surface area contributed by atoms with Crippen LogP contribution in [0.25, 0.3) is 12.2 Å². The number of hydrogen-bond donors (Lipinski definition) is 3. The second-order valence-electron chi connectivity index (χ2n) is 3.85. The largest absolute Gasteiger partial charge is 0.508 e. The summed E-state index contributed by atoms with van der Waals surface area (Å²) in [4.78, 5) is 0. The van der Waals surface area contributed by atoms with Gasteiger partial charge in [0.05, 0.1) is 10.2 Å². The third-order valence-corrected chi connectivity index (χ3v) is 3.03. The number of aromatic hydroxyl groups is 3. The fraction of sp³-hybridized carbons (Fsp3) is 0. The summed E-state index contributed by atoms with van der Waals surface area (Å²) in [7, 11) is 3.30. The Hall–Kier alpha value is -2.20. The molecule has 0 atom stereocenters. The molecule has 3 N–H and O–H groups in total. The van der Waals surface area contributed by atoms with Crippen LogP contribution in [-0.4, -0.2) is 25.6 Å². The van der Waals surface area contributed by atoms with Gasteiger partial charge < -0.3 is 15.3 Å². The van der Waals surface area contributed by atoms with Gasteiger partial charge in [-0.1, -0.05) is 24.3 Å². The average molecular weight is 255 g/mol. The van der Waals surface area contributed by atoms with Gasteiger partial charge in [0.25, 0.3) is 0 Å². The number of hydrogen-bond acceptors (Lipinski definition) is 3. The summed E-state index contributed by atoms with van der Waals surface area (Å²) >= 11 is 0. The first-order valence-electron chi connectivity index (χ1n) is 5.31. The Morgan fingerprint density at radius 2 is 1.50 bits per heavy atom. The highest BCUT2D eigenvalue weighted by Crippen LogP contribution is 2.19. The van der Waals surface area contributed by atoms with Crippen LogP contribution in [0.2, 0.25) is 0 Å². The molecule has 2 aromatic carbocycles. The van der Waals surface area contributed by atoms with E-state index < -0.39 is 0 Å². The number of phenolic OH excluding ortho intramolecular Hbond substituents is 3. The van der Waals surface area contributed by atoms with E-state index in [0.717, 1.165) is 5.56 Å². The topological polar surface area (TPSA) is 60.7 Å². The van der Waals surface area contributed by atoms with Crippen LogP contribution in [0.5, 0.6) is 17.2 Å². The minimum Gasteiger partial charge on any atom is -0.508 e. The lowest BCUT2D eigenvalue weighted by atomic mass is 10.1. The SMILES string of the molecule is Oc1ccc(C=Cc2cc(O)cc(O)c2[Si])cc1. The van der Waals surface area contributed by atoms with Gasteiger partial charge in [0.1, 0.15) is 17.2 Å². The minimum absolute atomic E-state index is 0.000133. The Bertz CT molecular complexity index is 589. The molecule has 0 aromatic heterocycles. The van der Waals surface area contributed by atoms with Crippen molar-refractivity contribution in [1.82, 2.24) is 0 Å². The van der Waals surface area contributed by atoms with E-state index in [-0.39, 0.29) is 17.2 Å². The molecule has 0 fully saturated rings. The molecule has 0 aliphatic heterocycles. The van der Waals surface area contributed by atoms with Crippen molar-refractivity contribution in [3.8, 4) is 17.2 Å². The highest BCUT2D eigenvalue weighted by atomic mass is 28.1. The maximum Gasteiger partial charge on any atom is 0.119 e. The maximum absolute atomic E-state index is 9.54. The van der Waals surface area contributed by atoms with Crippen molar-refractivity contribution in [3.63, 3.8) is 0 Å². The number of rotatable bonds is 2. The van der Waals surface area contributed by atoms with E-state index in [1.54, 1.807) is 36.4 Å². The second kappa shape index (κ2) is 4.97. The zero-order valence-electron chi connectivity index (χ0n) is 9.46. The molecule has 3 nitrogen and oxygen atoms in total. The standard InChI is InChI=1S/C14H11O3Si/c15-11-5-2-9(3-6-11)1-4-10-7-12(16)8-13(17)14(10)18/h1-8,15-17H. The molecule has 4 heteroatoms. The average Bonchev–Trinajstić information content (AvgIpc) is 2.34. The Kier molecular flexibility index (Phi) is 3.39. The van der Waals surface area contributed by atoms with Crippen LogP contribution < -0.4 is 5.19 Å². The summed E-state index contributed by atoms with van der Waals surface area (Å²) < 4.78 is 0. The van der Waals surface area contributed by atoms with Crippen molar-refractivity contribution >= 4 is 27.6 Å². The van der Waals surface area contributed by atoms with Gasteiger partial charge in [0.2, 0.25) is 0 Å². The Morgan fingerprint density at radius 3 is 2.17 bits per heavy atom. The summed E-state index contributed by atoms with van der Waals surface area (Å²) in [5.74, 6) is 0.194. The van der Waals surface area contributed by atoms with Gasteiger partial charge in [0, 0.05) is 6.07 Å². The van der Waals surface area contributed by atoms with Crippen LogP contribution in [0.15, 0.2) is 36.4 Å². The fourth-order valence-electron chi connectivity index (χ4n) is 1.54. The zero-order valence-corrected chi connectivity index (χ0v) is 10.5. The van der Waals surface area contributed by atoms with Crippen LogP contribution in [0, 0.1) is 0 Å². The monoisotopic (exact) mass is 255 g/mol. The highest BCUT2D eigenvalue weighted by molar-refractivity contribution is 6.36. The lowest BCUT2D eigenvalue weighted by Crippen LogP contribution is -2.07. The molecule has 0 unspecified atom stereocenters. The Labute approximate surface area is 108 Å². The molecule has 2 aromatic rings. The second-order valence-corrected chi connectivity index (χ2v) is 4.35. The lowest BCUT2D eigenvalue weighted by Gasteiger charge is -2.04. The third kappa shape index (κ3) is 2.72. The maximum atomic E-state index is 9.54. The number of phenols is 3. The van der Waals surface area contributed by atoms with Gasteiger partial charge in [0.15, 0.2) is 0 Å². The van der Waals surface area contributed by atoms with Crippen LogP contribution in [0.3, 0.4) is 0 Å². The molecular weight excluding hydrogens is 244 g/mol. The van der Waals surface area contributed by atoms with Crippen molar-refractivity contribution in [2.45, 2.75) is 0 Å². The summed E-state index contributed by atoms with van der Waals surface area (Å²) in [6, 6.07) is 9.52. The van der Waals surface area contributed by atoms with E-state index in [1.165, 1.54) is 6.07 Å². The van der Waals surface area contributed by atoms with Crippen LogP contribution >= 0.6 is 0 Å². The third-order valence-electron chi connectivity index (χ3n) is 2.48. The molecule has 0 amide bonds. The lowest BCUT2D eigenvalue weighted by molar-refractivity contribution is 0.453. The molecule has 0 bridgehead atoms. The minimum atomic E-state index is -0.0166. The van der Waals surface area contributed by atoms with Crippen LogP contribution in [0.1, 0.15) is 11.1 Å². The molecular formula is C14H11O3Si. The Morgan fingerprint density at radius 1 is 0.833 bits per heavy atom. The van der Waals surface area contributed by atoms with E-state index in [1.807, 2.05) is 6.08 Å². The summed E-state index contributed by atoms with van der Waals surface area (Å²) in [5.41, 5.74) is 1.57. The smallest absolute Gasteiger partial charge is 0.119 e. The van der Waals surface area contributed by atoms with Gasteiger partial charge in [-0.3, -0.25) is 0 Å². The first-order chi connectivity index (χ1) is 8.56. The molecule has 0 heterocycles. The molecule has 0 aliphatic rings. The predicted molar refractivity (Wildman–Crippen MR) is 72.2 cm³/mol. The summed E-state index contributed by atoms with van der Waals surface area (Å²) in [6.45, 7) is 0. The quantitative estimate of drug-likeness (QED) is 0.566. The van der Waals surface area contributed by atoms with Crippen LogP contribution in [-0.2, 0) is 0 Å². The first kappa shape index (κ1) is 12.3. The molecule has 0 saturated heterocycles. The van der Waals surface area contributed by atoms with Gasteiger partial charge >= 0.3 is 0 Å². The van der Waals surface area contributed by atoms with E-state index in [4.69, 9.17) is 5.11 Å². The zero-order chi connectivity index (χ0) is 13.1. The van der Waals surface area contributed by atoms with Crippen molar-refractivity contribution < 1.29 is 15.3 Å². The summed E-state index contributed by atoms with van der Waals surface area (Å²) in [5, 5.41) is 28.6. The van der Waals surface area contributed by atoms with E-state index in [9.17, 15) is 10.2 Å². The van der Waals surface area contributed by atoms with Crippen molar-refractivity contribution in [2.75, 3.05) is 0 Å². The van der Waals surface area contributed by atoms with Crippen molar-refractivity contribution in [2.24, 2.45) is 0 Å². The molecule has 2 rings (SSSR count). The van der Waals surface area contributed by atoms with E-state index >= 15 is 0 Å². The summed E-state index contributed by atoms with van der Waals surface area (Å²) in [6.07, 6.45) is 3.57. The number of benzene rings is 2. The van der Waals surface area contributed by atoms with Gasteiger partial charge in [-0.25, -0.2) is 0 Å². The fourth-order valence-corrected chi connectivity index (χ4v) is 1.76. The van der Waals surface area contributed by atoms with Crippen molar-refractivity contribution in [3.05, 3.63) is 47.5 Å². The Balaban J connectivity index is 2.31. The molecule has 3 radical (unpaired) electrons. The normalized spacial score (nSPS) is 10.9. The van der Waals surface area contributed by atoms with Gasteiger partial charge in [-0.2, -0.15) is 0 Å². The predicted octanol–water partition coefficient (Wildman–Crippen LogP) is 1.77. The van der Waals surface area contributed by atoms with Crippen molar-refractivity contribution in [1.29, 1.82) is 0 Å². The molecule has 0 spiro atoms. The highest BCUT2D eigenvalue weighted by Gasteiger charge is 2.03. The van der Waals surface area contributed by atoms with Gasteiger partial charge in [-0.15, -0.1) is 0 Å². The molecule has 89 valence electrons. The first-order valence-corrected chi connectivity index (χ1v) is 5.81. The van der Waals surface area contributed by atoms with Crippen LogP contribution in [0.4, 0.5) is 0 Å². The van der Waals surface area contributed by atoms with Gasteiger partial charge in [-0.05, 0) is 34.5 Å². The molecule has 0 saturated carbocycles.